The highest BCUT2D eigenvalue weighted by Crippen LogP contribution is 2.78. The standard InChI is InChI=1S/C15H24O/c1-9-7-8-15-10(2)5-6-11(14(3,4)16)13(15)12(9)15/h5,9,11-13,16H,6-8H2,1-4H3/t9-,11-,12+,13-,15+/m1/s1. The Kier molecular flexibility index (Phi) is 1.98. The van der Waals surface area contributed by atoms with Crippen molar-refractivity contribution in [2.45, 2.75) is 52.6 Å². The van der Waals surface area contributed by atoms with E-state index in [0.29, 0.717) is 11.3 Å². The lowest BCUT2D eigenvalue weighted by Crippen LogP contribution is -2.36. The number of aliphatic hydroxyl groups is 1. The zero-order valence-corrected chi connectivity index (χ0v) is 11.0. The first-order valence-electron chi connectivity index (χ1n) is 6.78. The Morgan fingerprint density at radius 3 is 2.69 bits per heavy atom. The van der Waals surface area contributed by atoms with Gasteiger partial charge in [-0.3, -0.25) is 0 Å². The van der Waals surface area contributed by atoms with Crippen molar-refractivity contribution in [3.63, 3.8) is 0 Å². The molecule has 0 saturated heterocycles. The van der Waals surface area contributed by atoms with E-state index in [4.69, 9.17) is 0 Å². The molecule has 0 amide bonds. The summed E-state index contributed by atoms with van der Waals surface area (Å²) >= 11 is 0. The van der Waals surface area contributed by atoms with Gasteiger partial charge in [-0.2, -0.15) is 0 Å². The molecule has 1 heteroatoms. The predicted octanol–water partition coefficient (Wildman–Crippen LogP) is 3.39. The average molecular weight is 220 g/mol. The number of hydrogen-bond donors (Lipinski definition) is 1. The summed E-state index contributed by atoms with van der Waals surface area (Å²) in [6.07, 6.45) is 6.27. The first-order chi connectivity index (χ1) is 7.39. The summed E-state index contributed by atoms with van der Waals surface area (Å²) < 4.78 is 0. The van der Waals surface area contributed by atoms with Gasteiger partial charge in [0.2, 0.25) is 0 Å². The monoisotopic (exact) mass is 220 g/mol. The Morgan fingerprint density at radius 2 is 2.06 bits per heavy atom. The SMILES string of the molecule is CC1=CC[C@@H](C(C)(C)O)[C@@H]2[C@@H]3[C@H](C)CC[C@]132. The Hall–Kier alpha value is -0.300. The van der Waals surface area contributed by atoms with Crippen LogP contribution in [-0.4, -0.2) is 10.7 Å². The van der Waals surface area contributed by atoms with Gasteiger partial charge in [0.25, 0.3) is 0 Å². The molecule has 3 aliphatic carbocycles. The normalized spacial score (nSPS) is 50.7. The van der Waals surface area contributed by atoms with E-state index in [1.807, 2.05) is 13.8 Å². The van der Waals surface area contributed by atoms with Crippen LogP contribution < -0.4 is 0 Å². The van der Waals surface area contributed by atoms with Gasteiger partial charge in [0.15, 0.2) is 0 Å². The van der Waals surface area contributed by atoms with Crippen LogP contribution in [0.5, 0.6) is 0 Å². The summed E-state index contributed by atoms with van der Waals surface area (Å²) in [5, 5.41) is 10.3. The Bertz CT molecular complexity index is 349. The molecule has 0 aliphatic heterocycles. The molecule has 0 aromatic rings. The van der Waals surface area contributed by atoms with E-state index < -0.39 is 5.60 Å². The van der Waals surface area contributed by atoms with E-state index in [0.717, 1.165) is 24.2 Å². The second-order valence-corrected chi connectivity index (χ2v) is 6.99. The summed E-state index contributed by atoms with van der Waals surface area (Å²) in [6, 6.07) is 0. The predicted molar refractivity (Wildman–Crippen MR) is 66.0 cm³/mol. The topological polar surface area (TPSA) is 20.2 Å². The van der Waals surface area contributed by atoms with Crippen LogP contribution in [0.2, 0.25) is 0 Å². The molecule has 0 radical (unpaired) electrons. The van der Waals surface area contributed by atoms with Crippen LogP contribution >= 0.6 is 0 Å². The molecule has 0 unspecified atom stereocenters. The molecule has 0 aromatic carbocycles. The van der Waals surface area contributed by atoms with Crippen molar-refractivity contribution >= 4 is 0 Å². The van der Waals surface area contributed by atoms with Gasteiger partial charge in [0, 0.05) is 0 Å². The summed E-state index contributed by atoms with van der Waals surface area (Å²) in [5.74, 6) is 3.02. The maximum absolute atomic E-state index is 10.3. The fourth-order valence-corrected chi connectivity index (χ4v) is 5.04. The number of allylic oxidation sites excluding steroid dienone is 2. The number of rotatable bonds is 1. The third kappa shape index (κ3) is 1.11. The van der Waals surface area contributed by atoms with E-state index in [1.165, 1.54) is 12.8 Å². The van der Waals surface area contributed by atoms with Crippen molar-refractivity contribution in [2.24, 2.45) is 29.1 Å². The second kappa shape index (κ2) is 2.93. The molecule has 16 heavy (non-hydrogen) atoms. The van der Waals surface area contributed by atoms with Gasteiger partial charge in [0.1, 0.15) is 0 Å². The number of hydrogen-bond acceptors (Lipinski definition) is 1. The van der Waals surface area contributed by atoms with Crippen molar-refractivity contribution in [2.75, 3.05) is 0 Å². The van der Waals surface area contributed by atoms with E-state index in [2.05, 4.69) is 19.9 Å². The summed E-state index contributed by atoms with van der Waals surface area (Å²) in [7, 11) is 0. The maximum Gasteiger partial charge on any atom is 0.0625 e. The van der Waals surface area contributed by atoms with E-state index in [-0.39, 0.29) is 0 Å². The van der Waals surface area contributed by atoms with Crippen LogP contribution in [0.1, 0.15) is 47.0 Å². The molecule has 1 N–H and O–H groups in total. The molecular weight excluding hydrogens is 196 g/mol. The van der Waals surface area contributed by atoms with Gasteiger partial charge < -0.3 is 5.11 Å². The van der Waals surface area contributed by atoms with Gasteiger partial charge in [-0.05, 0) is 69.1 Å². The molecule has 3 rings (SSSR count). The van der Waals surface area contributed by atoms with Crippen LogP contribution in [0.3, 0.4) is 0 Å². The van der Waals surface area contributed by atoms with Crippen LogP contribution in [0, 0.1) is 29.1 Å². The van der Waals surface area contributed by atoms with E-state index in [1.54, 1.807) is 5.57 Å². The minimum Gasteiger partial charge on any atom is -0.390 e. The summed E-state index contributed by atoms with van der Waals surface area (Å²) in [6.45, 7) is 8.73. The lowest BCUT2D eigenvalue weighted by molar-refractivity contribution is -0.00369. The van der Waals surface area contributed by atoms with Crippen molar-refractivity contribution in [1.82, 2.24) is 0 Å². The zero-order valence-electron chi connectivity index (χ0n) is 11.0. The molecule has 2 saturated carbocycles. The number of fused-ring (bicyclic) bond motifs is 1. The van der Waals surface area contributed by atoms with Crippen molar-refractivity contribution in [1.29, 1.82) is 0 Å². The molecule has 2 fully saturated rings. The van der Waals surface area contributed by atoms with Gasteiger partial charge in [0.05, 0.1) is 5.60 Å². The smallest absolute Gasteiger partial charge is 0.0625 e. The van der Waals surface area contributed by atoms with Gasteiger partial charge in [-0.25, -0.2) is 0 Å². The summed E-state index contributed by atoms with van der Waals surface area (Å²) in [4.78, 5) is 0. The highest BCUT2D eigenvalue weighted by molar-refractivity contribution is 5.36. The van der Waals surface area contributed by atoms with E-state index >= 15 is 0 Å². The molecular formula is C15H24O. The van der Waals surface area contributed by atoms with Crippen molar-refractivity contribution in [3.05, 3.63) is 11.6 Å². The third-order valence-electron chi connectivity index (χ3n) is 5.85. The maximum atomic E-state index is 10.3. The molecule has 90 valence electrons. The second-order valence-electron chi connectivity index (χ2n) is 6.99. The minimum atomic E-state index is -0.501. The van der Waals surface area contributed by atoms with Gasteiger partial charge in [-0.1, -0.05) is 18.6 Å². The molecule has 1 nitrogen and oxygen atoms in total. The zero-order chi connectivity index (χ0) is 11.7. The fraction of sp³-hybridized carbons (Fsp3) is 0.867. The molecule has 0 bridgehead atoms. The minimum absolute atomic E-state index is 0.490. The van der Waals surface area contributed by atoms with Crippen LogP contribution in [0.15, 0.2) is 11.6 Å². The lowest BCUT2D eigenvalue weighted by atomic mass is 9.73. The lowest BCUT2D eigenvalue weighted by Gasteiger charge is -2.35. The largest absolute Gasteiger partial charge is 0.390 e. The highest BCUT2D eigenvalue weighted by Gasteiger charge is 2.73. The van der Waals surface area contributed by atoms with E-state index in [9.17, 15) is 5.11 Å². The van der Waals surface area contributed by atoms with Crippen molar-refractivity contribution in [3.8, 4) is 0 Å². The molecule has 0 aromatic heterocycles. The third-order valence-corrected chi connectivity index (χ3v) is 5.85. The van der Waals surface area contributed by atoms with Crippen LogP contribution in [0.25, 0.3) is 0 Å². The fourth-order valence-electron chi connectivity index (χ4n) is 5.04. The van der Waals surface area contributed by atoms with Crippen LogP contribution in [-0.2, 0) is 0 Å². The Morgan fingerprint density at radius 1 is 1.38 bits per heavy atom. The molecule has 3 aliphatic rings. The quantitative estimate of drug-likeness (QED) is 0.672. The van der Waals surface area contributed by atoms with Gasteiger partial charge in [-0.15, -0.1) is 0 Å². The molecule has 5 atom stereocenters. The highest BCUT2D eigenvalue weighted by atomic mass is 16.3. The van der Waals surface area contributed by atoms with Crippen molar-refractivity contribution < 1.29 is 5.11 Å². The Labute approximate surface area is 98.9 Å². The molecule has 1 spiro atoms. The van der Waals surface area contributed by atoms with Crippen LogP contribution in [0.4, 0.5) is 0 Å². The average Bonchev–Trinajstić information content (AvgIpc) is 2.73. The first-order valence-corrected chi connectivity index (χ1v) is 6.78. The van der Waals surface area contributed by atoms with Gasteiger partial charge >= 0.3 is 0 Å². The summed E-state index contributed by atoms with van der Waals surface area (Å²) in [5.41, 5.74) is 1.65. The first kappa shape index (κ1) is 10.8. The Balaban J connectivity index is 1.97. The molecule has 0 heterocycles.